The number of aliphatic hydroxyl groups excluding tert-OH is 1. The van der Waals surface area contributed by atoms with Crippen molar-refractivity contribution in [1.29, 1.82) is 0 Å². The van der Waals surface area contributed by atoms with Gasteiger partial charge in [0, 0.05) is 12.8 Å². The number of hydrogen-bond donors (Lipinski definition) is 1. The van der Waals surface area contributed by atoms with E-state index in [1.807, 2.05) is 0 Å². The van der Waals surface area contributed by atoms with Crippen LogP contribution in [0, 0.1) is 0 Å². The van der Waals surface area contributed by atoms with E-state index in [9.17, 15) is 14.7 Å². The minimum absolute atomic E-state index is 0.0698. The second-order valence-electron chi connectivity index (χ2n) is 18.2. The molecule has 0 amide bonds. The van der Waals surface area contributed by atoms with Gasteiger partial charge in [0.1, 0.15) is 6.61 Å². The minimum atomic E-state index is -0.779. The van der Waals surface area contributed by atoms with Crippen molar-refractivity contribution >= 4 is 11.9 Å². The average molecular weight is 917 g/mol. The molecule has 0 saturated carbocycles. The molecule has 0 bridgehead atoms. The van der Waals surface area contributed by atoms with Gasteiger partial charge in [-0.2, -0.15) is 0 Å². The number of unbranched alkanes of at least 4 members (excludes halogenated alkanes) is 26. The number of aliphatic hydroxyl groups is 1. The van der Waals surface area contributed by atoms with Gasteiger partial charge in [0.25, 0.3) is 0 Å². The molecular formula is C61H104O5. The molecule has 66 heavy (non-hydrogen) atoms. The molecule has 0 aliphatic carbocycles. The van der Waals surface area contributed by atoms with Crippen molar-refractivity contribution in [3.8, 4) is 0 Å². The van der Waals surface area contributed by atoms with Crippen LogP contribution >= 0.6 is 0 Å². The van der Waals surface area contributed by atoms with E-state index in [0.717, 1.165) is 89.9 Å². The molecule has 0 radical (unpaired) electrons. The summed E-state index contributed by atoms with van der Waals surface area (Å²) in [6.07, 6.45) is 79.4. The summed E-state index contributed by atoms with van der Waals surface area (Å²) in [5, 5.41) is 9.66. The summed E-state index contributed by atoms with van der Waals surface area (Å²) in [4.78, 5) is 24.5. The van der Waals surface area contributed by atoms with Crippen LogP contribution in [0.3, 0.4) is 0 Å². The number of rotatable bonds is 50. The van der Waals surface area contributed by atoms with E-state index in [0.29, 0.717) is 12.8 Å². The second kappa shape index (κ2) is 56.1. The molecule has 1 unspecified atom stereocenters. The van der Waals surface area contributed by atoms with Gasteiger partial charge in [0.15, 0.2) is 6.10 Å². The first kappa shape index (κ1) is 62.8. The third-order valence-electron chi connectivity index (χ3n) is 11.9. The number of allylic oxidation sites excluding steroid dienone is 16. The zero-order chi connectivity index (χ0) is 47.7. The molecular weight excluding hydrogens is 813 g/mol. The van der Waals surface area contributed by atoms with E-state index in [1.165, 1.54) is 141 Å². The zero-order valence-electron chi connectivity index (χ0n) is 43.2. The second-order valence-corrected chi connectivity index (χ2v) is 18.2. The third-order valence-corrected chi connectivity index (χ3v) is 11.9. The van der Waals surface area contributed by atoms with Gasteiger partial charge < -0.3 is 14.6 Å². The Labute approximate surface area is 408 Å². The Morgan fingerprint density at radius 2 is 0.606 bits per heavy atom. The highest BCUT2D eigenvalue weighted by Crippen LogP contribution is 2.16. The van der Waals surface area contributed by atoms with Crippen LogP contribution in [0.2, 0.25) is 0 Å². The van der Waals surface area contributed by atoms with Gasteiger partial charge >= 0.3 is 11.9 Å². The Morgan fingerprint density at radius 3 is 0.909 bits per heavy atom. The standard InChI is InChI=1S/C61H104O5/c1-3-5-7-9-11-13-15-17-19-21-23-25-27-29-30-32-34-36-38-40-42-44-46-48-50-52-54-56-61(64)66-59(57-62)58-65-60(63)55-53-51-49-47-45-43-41-39-37-35-33-31-28-26-24-22-20-18-16-14-12-10-8-6-4-2/h5-8,11-14,17-20,23-26,59,62H,3-4,9-10,15-16,21-22,27-58H2,1-2H3/b7-5-,8-6-,13-11-,14-12-,19-17-,20-18-,25-23-,26-24-. The molecule has 0 saturated heterocycles. The number of carbonyl (C=O) groups excluding carboxylic acids is 2. The van der Waals surface area contributed by atoms with E-state index in [-0.39, 0.29) is 25.2 Å². The van der Waals surface area contributed by atoms with Gasteiger partial charge in [0.2, 0.25) is 0 Å². The predicted octanol–water partition coefficient (Wildman–Crippen LogP) is 18.7. The Bertz CT molecular complexity index is 1270. The van der Waals surface area contributed by atoms with Crippen molar-refractivity contribution in [3.63, 3.8) is 0 Å². The Kier molecular flexibility index (Phi) is 53.4. The maximum Gasteiger partial charge on any atom is 0.306 e. The fourth-order valence-corrected chi connectivity index (χ4v) is 7.77. The summed E-state index contributed by atoms with van der Waals surface area (Å²) >= 11 is 0. The minimum Gasteiger partial charge on any atom is -0.462 e. The molecule has 0 fully saturated rings. The van der Waals surface area contributed by atoms with Crippen LogP contribution in [0.15, 0.2) is 97.2 Å². The number of esters is 2. The van der Waals surface area contributed by atoms with Crippen molar-refractivity contribution < 1.29 is 24.2 Å². The molecule has 0 aromatic heterocycles. The molecule has 5 heteroatoms. The molecule has 5 nitrogen and oxygen atoms in total. The van der Waals surface area contributed by atoms with Crippen LogP contribution < -0.4 is 0 Å². The normalized spacial score (nSPS) is 13.0. The molecule has 1 N–H and O–H groups in total. The van der Waals surface area contributed by atoms with Crippen LogP contribution in [0.25, 0.3) is 0 Å². The SMILES string of the molecule is CC/C=C\C/C=C\C/C=C\C/C=C\CCCCCCCCCCCCCCCCC(=O)OC(CO)COC(=O)CCCCCCCCCCCCCC/C=C\C/C=C\C/C=C\C/C=C\CC. The first-order valence-electron chi connectivity index (χ1n) is 27.8. The summed E-state index contributed by atoms with van der Waals surface area (Å²) in [6, 6.07) is 0. The van der Waals surface area contributed by atoms with Crippen LogP contribution in [-0.4, -0.2) is 36.4 Å². The van der Waals surface area contributed by atoms with Gasteiger partial charge in [0.05, 0.1) is 6.61 Å². The van der Waals surface area contributed by atoms with Crippen LogP contribution in [-0.2, 0) is 19.1 Å². The van der Waals surface area contributed by atoms with Crippen LogP contribution in [0.1, 0.15) is 258 Å². The highest BCUT2D eigenvalue weighted by molar-refractivity contribution is 5.70. The first-order chi connectivity index (χ1) is 32.6. The lowest BCUT2D eigenvalue weighted by Crippen LogP contribution is -2.28. The van der Waals surface area contributed by atoms with Crippen molar-refractivity contribution in [2.75, 3.05) is 13.2 Å². The van der Waals surface area contributed by atoms with Crippen molar-refractivity contribution in [3.05, 3.63) is 97.2 Å². The van der Waals surface area contributed by atoms with E-state index in [1.54, 1.807) is 0 Å². The summed E-state index contributed by atoms with van der Waals surface area (Å²) in [5.41, 5.74) is 0. The first-order valence-corrected chi connectivity index (χ1v) is 27.8. The lowest BCUT2D eigenvalue weighted by molar-refractivity contribution is -0.161. The van der Waals surface area contributed by atoms with Crippen LogP contribution in [0.5, 0.6) is 0 Å². The molecule has 0 heterocycles. The lowest BCUT2D eigenvalue weighted by Gasteiger charge is -2.15. The van der Waals surface area contributed by atoms with Gasteiger partial charge in [-0.15, -0.1) is 0 Å². The van der Waals surface area contributed by atoms with Crippen molar-refractivity contribution in [2.45, 2.75) is 264 Å². The van der Waals surface area contributed by atoms with Gasteiger partial charge in [-0.1, -0.05) is 252 Å². The fraction of sp³-hybridized carbons (Fsp3) is 0.705. The maximum atomic E-state index is 12.3. The number of ether oxygens (including phenoxy) is 2. The quantitative estimate of drug-likeness (QED) is 0.0374. The Morgan fingerprint density at radius 1 is 0.348 bits per heavy atom. The van der Waals surface area contributed by atoms with Gasteiger partial charge in [-0.05, 0) is 89.9 Å². The molecule has 378 valence electrons. The molecule has 0 aliphatic heterocycles. The monoisotopic (exact) mass is 917 g/mol. The zero-order valence-corrected chi connectivity index (χ0v) is 43.2. The largest absolute Gasteiger partial charge is 0.462 e. The van der Waals surface area contributed by atoms with Gasteiger partial charge in [-0.3, -0.25) is 9.59 Å². The molecule has 0 spiro atoms. The molecule has 0 aromatic carbocycles. The molecule has 0 rings (SSSR count). The van der Waals surface area contributed by atoms with E-state index in [2.05, 4.69) is 111 Å². The van der Waals surface area contributed by atoms with E-state index >= 15 is 0 Å². The highest BCUT2D eigenvalue weighted by Gasteiger charge is 2.16. The Balaban J connectivity index is 3.50. The molecule has 0 aromatic rings. The third kappa shape index (κ3) is 53.4. The van der Waals surface area contributed by atoms with Crippen molar-refractivity contribution in [1.82, 2.24) is 0 Å². The molecule has 0 aliphatic rings. The topological polar surface area (TPSA) is 72.8 Å². The summed E-state index contributed by atoms with van der Waals surface area (Å²) < 4.78 is 10.7. The number of carbonyl (C=O) groups is 2. The van der Waals surface area contributed by atoms with Crippen LogP contribution in [0.4, 0.5) is 0 Å². The highest BCUT2D eigenvalue weighted by atomic mass is 16.6. The average Bonchev–Trinajstić information content (AvgIpc) is 3.32. The predicted molar refractivity (Wildman–Crippen MR) is 288 cm³/mol. The fourth-order valence-electron chi connectivity index (χ4n) is 7.77. The van der Waals surface area contributed by atoms with E-state index in [4.69, 9.17) is 9.47 Å². The van der Waals surface area contributed by atoms with Gasteiger partial charge in [-0.25, -0.2) is 0 Å². The summed E-state index contributed by atoms with van der Waals surface area (Å²) in [6.45, 7) is 3.93. The summed E-state index contributed by atoms with van der Waals surface area (Å²) in [5.74, 6) is -0.591. The molecule has 1 atom stereocenters. The summed E-state index contributed by atoms with van der Waals surface area (Å²) in [7, 11) is 0. The van der Waals surface area contributed by atoms with E-state index < -0.39 is 6.10 Å². The van der Waals surface area contributed by atoms with Crippen molar-refractivity contribution in [2.24, 2.45) is 0 Å². The lowest BCUT2D eigenvalue weighted by atomic mass is 10.0. The maximum absolute atomic E-state index is 12.3. The number of hydrogen-bond acceptors (Lipinski definition) is 5. The smallest absolute Gasteiger partial charge is 0.306 e. The Hall–Kier alpha value is -3.18.